The van der Waals surface area contributed by atoms with Crippen LogP contribution in [0.15, 0.2) is 30.3 Å². The molecular weight excluding hydrogens is 202 g/mol. The fraction of sp³-hybridized carbons (Fsp3) is 0.385. The van der Waals surface area contributed by atoms with Crippen molar-refractivity contribution in [2.45, 2.75) is 25.3 Å². The van der Waals surface area contributed by atoms with Gasteiger partial charge in [0.15, 0.2) is 0 Å². The lowest BCUT2D eigenvalue weighted by molar-refractivity contribution is 0.408. The second-order valence-electron chi connectivity index (χ2n) is 4.10. The Morgan fingerprint density at radius 1 is 1.20 bits per heavy atom. The van der Waals surface area contributed by atoms with E-state index in [1.54, 1.807) is 0 Å². The number of rotatable bonds is 1. The van der Waals surface area contributed by atoms with Crippen molar-refractivity contribution in [3.05, 3.63) is 35.2 Å². The summed E-state index contributed by atoms with van der Waals surface area (Å²) in [5, 5.41) is 6.08. The second kappa shape index (κ2) is 3.95. The highest BCUT2D eigenvalue weighted by Crippen LogP contribution is 2.33. The first-order chi connectivity index (χ1) is 7.43. The van der Waals surface area contributed by atoms with Crippen molar-refractivity contribution in [1.29, 1.82) is 0 Å². The van der Waals surface area contributed by atoms with E-state index >= 15 is 0 Å². The Hall–Kier alpha value is -0.860. The summed E-state index contributed by atoms with van der Waals surface area (Å²) in [4.78, 5) is 1.45. The highest BCUT2D eigenvalue weighted by Gasteiger charge is 2.17. The van der Waals surface area contributed by atoms with Crippen LogP contribution < -0.4 is 5.32 Å². The van der Waals surface area contributed by atoms with Crippen LogP contribution in [0.25, 0.3) is 10.1 Å². The van der Waals surface area contributed by atoms with Gasteiger partial charge in [0.05, 0.1) is 6.04 Å². The Kier molecular flexibility index (Phi) is 2.47. The molecule has 1 aromatic heterocycles. The third-order valence-corrected chi connectivity index (χ3v) is 4.23. The molecule has 77 valence electrons. The van der Waals surface area contributed by atoms with Gasteiger partial charge in [-0.2, -0.15) is 0 Å². The van der Waals surface area contributed by atoms with Crippen molar-refractivity contribution in [1.82, 2.24) is 5.32 Å². The van der Waals surface area contributed by atoms with E-state index in [2.05, 4.69) is 30.3 Å². The van der Waals surface area contributed by atoms with Gasteiger partial charge in [-0.05, 0) is 30.4 Å². The first-order valence-corrected chi connectivity index (χ1v) is 6.40. The third kappa shape index (κ3) is 1.80. The normalized spacial score (nSPS) is 22.0. The molecule has 1 aromatic carbocycles. The first kappa shape index (κ1) is 9.37. The summed E-state index contributed by atoms with van der Waals surface area (Å²) in [6, 6.07) is 11.4. The third-order valence-electron chi connectivity index (χ3n) is 3.01. The summed E-state index contributed by atoms with van der Waals surface area (Å²) >= 11 is 1.91. The Bertz CT molecular complexity index is 421. The minimum Gasteiger partial charge on any atom is -0.233 e. The van der Waals surface area contributed by atoms with Crippen LogP contribution in [0.3, 0.4) is 0 Å². The number of fused-ring (bicyclic) bond motifs is 1. The topological polar surface area (TPSA) is 14.1 Å². The fourth-order valence-electron chi connectivity index (χ4n) is 2.19. The van der Waals surface area contributed by atoms with Crippen LogP contribution in [0.1, 0.15) is 30.2 Å². The monoisotopic (exact) mass is 216 g/mol. The van der Waals surface area contributed by atoms with Gasteiger partial charge in [-0.1, -0.05) is 24.6 Å². The molecule has 1 unspecified atom stereocenters. The predicted molar refractivity (Wildman–Crippen MR) is 65.4 cm³/mol. The van der Waals surface area contributed by atoms with Crippen LogP contribution in [-0.4, -0.2) is 6.54 Å². The number of nitrogens with zero attached hydrogens (tertiary/aromatic N) is 1. The standard InChI is InChI=1S/C13H14NS/c1-2-7-12-10(5-1)9-13(15-12)11-6-3-4-8-14-11/h1-2,5,7,9,11H,3-4,6,8H2. The summed E-state index contributed by atoms with van der Waals surface area (Å²) in [6.45, 7) is 1.05. The molecule has 0 saturated carbocycles. The number of hydrogen-bond donors (Lipinski definition) is 0. The van der Waals surface area contributed by atoms with E-state index in [1.807, 2.05) is 11.3 Å². The Balaban J connectivity index is 1.96. The average molecular weight is 216 g/mol. The molecule has 0 N–H and O–H groups in total. The Morgan fingerprint density at radius 3 is 2.93 bits per heavy atom. The van der Waals surface area contributed by atoms with Crippen molar-refractivity contribution >= 4 is 21.4 Å². The second-order valence-corrected chi connectivity index (χ2v) is 5.22. The molecule has 1 nitrogen and oxygen atoms in total. The molecule has 0 aliphatic carbocycles. The lowest BCUT2D eigenvalue weighted by atomic mass is 10.0. The summed E-state index contributed by atoms with van der Waals surface area (Å²) < 4.78 is 1.40. The highest BCUT2D eigenvalue weighted by molar-refractivity contribution is 7.19. The minimum atomic E-state index is 0.483. The number of piperidine rings is 1. The van der Waals surface area contributed by atoms with Crippen LogP contribution >= 0.6 is 11.3 Å². The van der Waals surface area contributed by atoms with E-state index in [0.29, 0.717) is 6.04 Å². The molecule has 0 bridgehead atoms. The van der Waals surface area contributed by atoms with E-state index in [9.17, 15) is 0 Å². The summed E-state index contributed by atoms with van der Waals surface area (Å²) in [6.07, 6.45) is 3.86. The minimum absolute atomic E-state index is 0.483. The van der Waals surface area contributed by atoms with Gasteiger partial charge in [0.25, 0.3) is 0 Å². The maximum absolute atomic E-state index is 4.71. The van der Waals surface area contributed by atoms with Gasteiger partial charge in [-0.3, -0.25) is 0 Å². The van der Waals surface area contributed by atoms with Crippen molar-refractivity contribution in [2.24, 2.45) is 0 Å². The van der Waals surface area contributed by atoms with Gasteiger partial charge < -0.3 is 0 Å². The molecule has 2 heteroatoms. The van der Waals surface area contributed by atoms with Crippen LogP contribution in [0.2, 0.25) is 0 Å². The van der Waals surface area contributed by atoms with E-state index < -0.39 is 0 Å². The van der Waals surface area contributed by atoms with Gasteiger partial charge in [0.1, 0.15) is 0 Å². The molecule has 0 amide bonds. The molecule has 1 atom stereocenters. The van der Waals surface area contributed by atoms with Crippen molar-refractivity contribution in [3.8, 4) is 0 Å². The predicted octanol–water partition coefficient (Wildman–Crippen LogP) is 3.73. The van der Waals surface area contributed by atoms with Gasteiger partial charge in [0, 0.05) is 16.1 Å². The maximum Gasteiger partial charge on any atom is 0.0589 e. The molecule has 1 aliphatic heterocycles. The molecule has 0 spiro atoms. The van der Waals surface area contributed by atoms with Gasteiger partial charge in [-0.25, -0.2) is 5.32 Å². The van der Waals surface area contributed by atoms with Crippen LogP contribution in [0.5, 0.6) is 0 Å². The smallest absolute Gasteiger partial charge is 0.0589 e. The molecular formula is C13H14NS. The molecule has 15 heavy (non-hydrogen) atoms. The molecule has 1 saturated heterocycles. The fourth-order valence-corrected chi connectivity index (χ4v) is 3.35. The van der Waals surface area contributed by atoms with Crippen molar-refractivity contribution < 1.29 is 0 Å². The summed E-state index contributed by atoms with van der Waals surface area (Å²) in [5.41, 5.74) is 0. The van der Waals surface area contributed by atoms with Gasteiger partial charge >= 0.3 is 0 Å². The molecule has 1 radical (unpaired) electrons. The summed E-state index contributed by atoms with van der Waals surface area (Å²) in [7, 11) is 0. The molecule has 2 aromatic rings. The molecule has 3 rings (SSSR count). The van der Waals surface area contributed by atoms with Crippen LogP contribution in [0, 0.1) is 0 Å². The van der Waals surface area contributed by atoms with E-state index in [1.165, 1.54) is 34.2 Å². The number of hydrogen-bond acceptors (Lipinski definition) is 1. The number of benzene rings is 1. The van der Waals surface area contributed by atoms with Crippen LogP contribution in [-0.2, 0) is 0 Å². The Labute approximate surface area is 94.1 Å². The van der Waals surface area contributed by atoms with Crippen LogP contribution in [0.4, 0.5) is 0 Å². The van der Waals surface area contributed by atoms with Crippen molar-refractivity contribution in [3.63, 3.8) is 0 Å². The molecule has 2 heterocycles. The average Bonchev–Trinajstić information content (AvgIpc) is 2.74. The van der Waals surface area contributed by atoms with Crippen molar-refractivity contribution in [2.75, 3.05) is 6.54 Å². The lowest BCUT2D eigenvalue weighted by Gasteiger charge is -2.19. The van der Waals surface area contributed by atoms with E-state index in [4.69, 9.17) is 5.32 Å². The van der Waals surface area contributed by atoms with E-state index in [-0.39, 0.29) is 0 Å². The first-order valence-electron chi connectivity index (χ1n) is 5.58. The van der Waals surface area contributed by atoms with Gasteiger partial charge in [0.2, 0.25) is 0 Å². The number of thiophene rings is 1. The Morgan fingerprint density at radius 2 is 2.13 bits per heavy atom. The molecule has 1 aliphatic rings. The zero-order valence-electron chi connectivity index (χ0n) is 8.65. The zero-order chi connectivity index (χ0) is 10.1. The largest absolute Gasteiger partial charge is 0.233 e. The summed E-state index contributed by atoms with van der Waals surface area (Å²) in [5.74, 6) is 0. The lowest BCUT2D eigenvalue weighted by Crippen LogP contribution is -2.19. The quantitative estimate of drug-likeness (QED) is 0.689. The molecule has 1 fully saturated rings. The maximum atomic E-state index is 4.71. The SMILES string of the molecule is c1ccc2sc(C3CCCC[N]3)cc2c1. The van der Waals surface area contributed by atoms with Gasteiger partial charge in [-0.15, -0.1) is 11.3 Å². The highest BCUT2D eigenvalue weighted by atomic mass is 32.1. The zero-order valence-corrected chi connectivity index (χ0v) is 9.46. The van der Waals surface area contributed by atoms with E-state index in [0.717, 1.165) is 6.54 Å².